The molecule has 116 valence electrons. The summed E-state index contributed by atoms with van der Waals surface area (Å²) in [5.41, 5.74) is 2.73. The van der Waals surface area contributed by atoms with Crippen LogP contribution in [0.15, 0.2) is 24.3 Å². The topological polar surface area (TPSA) is 24.5 Å². The van der Waals surface area contributed by atoms with Gasteiger partial charge in [-0.3, -0.25) is 0 Å². The minimum absolute atomic E-state index is 0.454. The van der Waals surface area contributed by atoms with Gasteiger partial charge in [-0.25, -0.2) is 0 Å². The van der Waals surface area contributed by atoms with E-state index in [4.69, 9.17) is 4.74 Å². The Kier molecular flexibility index (Phi) is 4.81. The zero-order valence-electron chi connectivity index (χ0n) is 13.3. The molecule has 1 aliphatic heterocycles. The molecule has 0 radical (unpaired) electrons. The first-order valence-electron chi connectivity index (χ1n) is 8.44. The average molecular weight is 288 g/mol. The van der Waals surface area contributed by atoms with Gasteiger partial charge in [0.25, 0.3) is 0 Å². The maximum Gasteiger partial charge on any atom is 0.0779 e. The van der Waals surface area contributed by atoms with Gasteiger partial charge in [-0.15, -0.1) is 0 Å². The number of morpholine rings is 1. The summed E-state index contributed by atoms with van der Waals surface area (Å²) in [7, 11) is 0. The summed E-state index contributed by atoms with van der Waals surface area (Å²) in [5, 5.41) is 3.47. The number of hydrogen-bond donors (Lipinski definition) is 1. The maximum atomic E-state index is 5.97. The predicted octanol–water partition coefficient (Wildman–Crippen LogP) is 3.33. The van der Waals surface area contributed by atoms with E-state index in [1.165, 1.54) is 36.9 Å². The van der Waals surface area contributed by atoms with Gasteiger partial charge in [0.2, 0.25) is 0 Å². The summed E-state index contributed by atoms with van der Waals surface area (Å²) < 4.78 is 5.97. The number of ether oxygens (including phenoxy) is 1. The molecule has 2 aliphatic rings. The Balaban J connectivity index is 1.67. The lowest BCUT2D eigenvalue weighted by Crippen LogP contribution is -2.52. The molecule has 1 N–H and O–H groups in total. The Hall–Kier alpha value is -1.06. The third kappa shape index (κ3) is 3.58. The van der Waals surface area contributed by atoms with Crippen LogP contribution in [0.5, 0.6) is 0 Å². The molecule has 2 unspecified atom stereocenters. The summed E-state index contributed by atoms with van der Waals surface area (Å²) in [6.45, 7) is 7.23. The molecule has 1 aromatic carbocycles. The first-order chi connectivity index (χ1) is 10.2. The highest BCUT2D eigenvalue weighted by molar-refractivity contribution is 5.49. The van der Waals surface area contributed by atoms with Crippen LogP contribution in [-0.2, 0) is 11.3 Å². The van der Waals surface area contributed by atoms with E-state index in [0.29, 0.717) is 18.2 Å². The molecular formula is C18H28N2O. The molecule has 2 atom stereocenters. The van der Waals surface area contributed by atoms with Crippen LogP contribution in [0.4, 0.5) is 5.69 Å². The number of fused-ring (bicyclic) bond motifs is 1. The van der Waals surface area contributed by atoms with Gasteiger partial charge in [0.1, 0.15) is 0 Å². The largest absolute Gasteiger partial charge is 0.374 e. The van der Waals surface area contributed by atoms with Gasteiger partial charge in [-0.05, 0) is 30.5 Å². The van der Waals surface area contributed by atoms with Crippen molar-refractivity contribution in [3.05, 3.63) is 29.8 Å². The zero-order valence-corrected chi connectivity index (χ0v) is 13.3. The van der Waals surface area contributed by atoms with Crippen molar-refractivity contribution >= 4 is 5.69 Å². The van der Waals surface area contributed by atoms with Crippen molar-refractivity contribution in [1.29, 1.82) is 0 Å². The van der Waals surface area contributed by atoms with Gasteiger partial charge < -0.3 is 15.0 Å². The maximum absolute atomic E-state index is 5.97. The van der Waals surface area contributed by atoms with Crippen LogP contribution in [0, 0.1) is 0 Å². The molecule has 21 heavy (non-hydrogen) atoms. The molecule has 1 aromatic rings. The van der Waals surface area contributed by atoms with Gasteiger partial charge >= 0.3 is 0 Å². The van der Waals surface area contributed by atoms with Crippen LogP contribution in [-0.4, -0.2) is 31.3 Å². The second-order valence-corrected chi connectivity index (χ2v) is 6.66. The zero-order chi connectivity index (χ0) is 14.7. The molecule has 1 saturated heterocycles. The Morgan fingerprint density at radius 3 is 2.71 bits per heavy atom. The highest BCUT2D eigenvalue weighted by Gasteiger charge is 2.34. The van der Waals surface area contributed by atoms with Crippen LogP contribution in [0.2, 0.25) is 0 Å². The third-order valence-electron chi connectivity index (χ3n) is 4.71. The average Bonchev–Trinajstić information content (AvgIpc) is 2.53. The van der Waals surface area contributed by atoms with Crippen LogP contribution >= 0.6 is 0 Å². The van der Waals surface area contributed by atoms with Crippen molar-refractivity contribution in [2.24, 2.45) is 0 Å². The van der Waals surface area contributed by atoms with Crippen LogP contribution in [0.1, 0.15) is 45.1 Å². The molecule has 1 heterocycles. The Bertz CT molecular complexity index is 441. The number of benzene rings is 1. The molecule has 2 fully saturated rings. The summed E-state index contributed by atoms with van der Waals surface area (Å²) in [5.74, 6) is 0. The quantitative estimate of drug-likeness (QED) is 0.919. The number of hydrogen-bond acceptors (Lipinski definition) is 3. The van der Waals surface area contributed by atoms with Crippen molar-refractivity contribution in [3.63, 3.8) is 0 Å². The SMILES string of the molecule is CC(C)NCc1ccc(N2CCOC3CCCCC32)cc1. The van der Waals surface area contributed by atoms with E-state index in [2.05, 4.69) is 48.3 Å². The van der Waals surface area contributed by atoms with E-state index < -0.39 is 0 Å². The number of nitrogens with zero attached hydrogens (tertiary/aromatic N) is 1. The number of anilines is 1. The fourth-order valence-corrected chi connectivity index (χ4v) is 3.54. The molecule has 3 nitrogen and oxygen atoms in total. The fourth-order valence-electron chi connectivity index (χ4n) is 3.54. The molecule has 3 heteroatoms. The molecule has 0 aromatic heterocycles. The van der Waals surface area contributed by atoms with Crippen molar-refractivity contribution in [3.8, 4) is 0 Å². The van der Waals surface area contributed by atoms with Gasteiger partial charge in [0.05, 0.1) is 18.8 Å². The van der Waals surface area contributed by atoms with E-state index in [1.54, 1.807) is 0 Å². The van der Waals surface area contributed by atoms with Crippen molar-refractivity contribution in [1.82, 2.24) is 5.32 Å². The summed E-state index contributed by atoms with van der Waals surface area (Å²) in [6.07, 6.45) is 5.64. The molecule has 1 saturated carbocycles. The van der Waals surface area contributed by atoms with Gasteiger partial charge in [-0.1, -0.05) is 38.8 Å². The highest BCUT2D eigenvalue weighted by atomic mass is 16.5. The molecule has 0 spiro atoms. The lowest BCUT2D eigenvalue weighted by molar-refractivity contribution is -0.00867. The summed E-state index contributed by atoms with van der Waals surface area (Å²) in [4.78, 5) is 2.58. The summed E-state index contributed by atoms with van der Waals surface area (Å²) >= 11 is 0. The smallest absolute Gasteiger partial charge is 0.0779 e. The molecule has 3 rings (SSSR count). The Labute approximate surface area is 128 Å². The second-order valence-electron chi connectivity index (χ2n) is 6.66. The highest BCUT2D eigenvalue weighted by Crippen LogP contribution is 2.32. The van der Waals surface area contributed by atoms with Crippen LogP contribution in [0.25, 0.3) is 0 Å². The van der Waals surface area contributed by atoms with Gasteiger partial charge in [-0.2, -0.15) is 0 Å². The van der Waals surface area contributed by atoms with Crippen molar-refractivity contribution < 1.29 is 4.74 Å². The Morgan fingerprint density at radius 2 is 1.95 bits per heavy atom. The lowest BCUT2D eigenvalue weighted by Gasteiger charge is -2.45. The van der Waals surface area contributed by atoms with Crippen molar-refractivity contribution in [2.45, 2.75) is 64.3 Å². The molecule has 0 amide bonds. The van der Waals surface area contributed by atoms with Gasteiger partial charge in [0.15, 0.2) is 0 Å². The van der Waals surface area contributed by atoms with E-state index in [0.717, 1.165) is 19.7 Å². The molecular weight excluding hydrogens is 260 g/mol. The van der Waals surface area contributed by atoms with Crippen LogP contribution in [0.3, 0.4) is 0 Å². The van der Waals surface area contributed by atoms with E-state index in [-0.39, 0.29) is 0 Å². The molecule has 1 aliphatic carbocycles. The normalized spacial score (nSPS) is 26.0. The Morgan fingerprint density at radius 1 is 1.19 bits per heavy atom. The minimum atomic E-state index is 0.454. The van der Waals surface area contributed by atoms with Crippen molar-refractivity contribution in [2.75, 3.05) is 18.1 Å². The number of rotatable bonds is 4. The first kappa shape index (κ1) is 14.9. The molecule has 0 bridgehead atoms. The minimum Gasteiger partial charge on any atom is -0.374 e. The van der Waals surface area contributed by atoms with Crippen LogP contribution < -0.4 is 10.2 Å². The first-order valence-corrected chi connectivity index (χ1v) is 8.44. The number of nitrogens with one attached hydrogen (secondary N) is 1. The van der Waals surface area contributed by atoms with E-state index in [9.17, 15) is 0 Å². The monoisotopic (exact) mass is 288 g/mol. The standard InChI is InChI=1S/C18H28N2O/c1-14(2)19-13-15-7-9-16(10-8-15)20-11-12-21-18-6-4-3-5-17(18)20/h7-10,14,17-19H,3-6,11-13H2,1-2H3. The van der Waals surface area contributed by atoms with E-state index in [1.807, 2.05) is 0 Å². The fraction of sp³-hybridized carbons (Fsp3) is 0.667. The second kappa shape index (κ2) is 6.80. The predicted molar refractivity (Wildman–Crippen MR) is 87.8 cm³/mol. The summed E-state index contributed by atoms with van der Waals surface area (Å²) in [6, 6.07) is 10.2. The third-order valence-corrected chi connectivity index (χ3v) is 4.71. The lowest BCUT2D eigenvalue weighted by atomic mass is 9.89. The van der Waals surface area contributed by atoms with Gasteiger partial charge in [0, 0.05) is 24.8 Å². The van der Waals surface area contributed by atoms with E-state index >= 15 is 0 Å².